The highest BCUT2D eigenvalue weighted by Gasteiger charge is 2.22. The molecule has 0 saturated carbocycles. The van der Waals surface area contributed by atoms with E-state index in [1.807, 2.05) is 11.8 Å². The van der Waals surface area contributed by atoms with E-state index in [9.17, 15) is 4.79 Å². The van der Waals surface area contributed by atoms with Gasteiger partial charge in [-0.2, -0.15) is 0 Å². The van der Waals surface area contributed by atoms with Crippen LogP contribution in [0.5, 0.6) is 0 Å². The van der Waals surface area contributed by atoms with E-state index in [1.165, 1.54) is 6.42 Å². The number of carbonyl (C=O) groups is 1. The smallest absolute Gasteiger partial charge is 0.244 e. The molecule has 1 fully saturated rings. The summed E-state index contributed by atoms with van der Waals surface area (Å²) in [6, 6.07) is 1.37. The summed E-state index contributed by atoms with van der Waals surface area (Å²) in [4.78, 5) is 22.9. The van der Waals surface area contributed by atoms with E-state index in [0.717, 1.165) is 38.8 Å². The lowest BCUT2D eigenvalue weighted by molar-refractivity contribution is -0.132. The van der Waals surface area contributed by atoms with E-state index in [4.69, 9.17) is 11.6 Å². The Kier molecular flexibility index (Phi) is 5.79. The molecular formula is C15H23ClN4O. The van der Waals surface area contributed by atoms with Crippen LogP contribution < -0.4 is 5.32 Å². The van der Waals surface area contributed by atoms with Gasteiger partial charge in [0.25, 0.3) is 0 Å². The number of aryl methyl sites for hydroxylation is 1. The van der Waals surface area contributed by atoms with Crippen LogP contribution in [0.15, 0.2) is 6.07 Å². The molecule has 1 atom stereocenters. The summed E-state index contributed by atoms with van der Waals surface area (Å²) in [7, 11) is 0. The predicted molar refractivity (Wildman–Crippen MR) is 84.6 cm³/mol. The molecule has 1 N–H and O–H groups in total. The minimum atomic E-state index is -0.302. The second kappa shape index (κ2) is 7.59. The van der Waals surface area contributed by atoms with Gasteiger partial charge in [0.15, 0.2) is 0 Å². The summed E-state index contributed by atoms with van der Waals surface area (Å²) in [6.07, 6.45) is 5.15. The molecule has 0 radical (unpaired) electrons. The second-order valence-corrected chi connectivity index (χ2v) is 5.88. The number of halogens is 1. The highest BCUT2D eigenvalue weighted by Crippen LogP contribution is 2.15. The van der Waals surface area contributed by atoms with E-state index in [1.54, 1.807) is 6.07 Å². The van der Waals surface area contributed by atoms with Crippen molar-refractivity contribution in [1.82, 2.24) is 14.9 Å². The minimum absolute atomic E-state index is 0.126. The van der Waals surface area contributed by atoms with Crippen LogP contribution in [0.2, 0.25) is 5.15 Å². The van der Waals surface area contributed by atoms with Gasteiger partial charge in [0.2, 0.25) is 5.91 Å². The number of hydrogen-bond donors (Lipinski definition) is 1. The largest absolute Gasteiger partial charge is 0.358 e. The van der Waals surface area contributed by atoms with Gasteiger partial charge in [-0.3, -0.25) is 4.79 Å². The van der Waals surface area contributed by atoms with E-state index in [-0.39, 0.29) is 11.9 Å². The lowest BCUT2D eigenvalue weighted by Crippen LogP contribution is -2.44. The highest BCUT2D eigenvalue weighted by atomic mass is 35.5. The fourth-order valence-electron chi connectivity index (χ4n) is 2.55. The highest BCUT2D eigenvalue weighted by molar-refractivity contribution is 6.29. The van der Waals surface area contributed by atoms with Gasteiger partial charge < -0.3 is 10.2 Å². The Morgan fingerprint density at radius 1 is 1.38 bits per heavy atom. The molecule has 116 valence electrons. The van der Waals surface area contributed by atoms with Crippen molar-refractivity contribution in [2.75, 3.05) is 18.4 Å². The molecule has 6 heteroatoms. The van der Waals surface area contributed by atoms with Crippen LogP contribution in [0.4, 0.5) is 5.82 Å². The standard InChI is InChI=1S/C15H23ClN4O/c1-3-7-13-18-12(16)10-14(19-13)17-11(2)15(21)20-8-5-4-6-9-20/h10-11H,3-9H2,1-2H3,(H,17,18,19). The molecule has 2 heterocycles. The van der Waals surface area contributed by atoms with E-state index in [0.29, 0.717) is 16.8 Å². The number of likely N-dealkylation sites (tertiary alicyclic amines) is 1. The molecule has 0 aromatic carbocycles. The number of nitrogens with zero attached hydrogens (tertiary/aromatic N) is 3. The first-order valence-corrected chi connectivity index (χ1v) is 8.06. The van der Waals surface area contributed by atoms with E-state index in [2.05, 4.69) is 22.2 Å². The Morgan fingerprint density at radius 3 is 2.76 bits per heavy atom. The molecular weight excluding hydrogens is 288 g/mol. The zero-order valence-electron chi connectivity index (χ0n) is 12.7. The molecule has 1 unspecified atom stereocenters. The third-order valence-electron chi connectivity index (χ3n) is 3.62. The Hall–Kier alpha value is -1.36. The lowest BCUT2D eigenvalue weighted by atomic mass is 10.1. The quantitative estimate of drug-likeness (QED) is 0.850. The molecule has 0 spiro atoms. The van der Waals surface area contributed by atoms with Gasteiger partial charge in [-0.25, -0.2) is 9.97 Å². The van der Waals surface area contributed by atoms with Gasteiger partial charge in [-0.15, -0.1) is 0 Å². The fraction of sp³-hybridized carbons (Fsp3) is 0.667. The average Bonchev–Trinajstić information content (AvgIpc) is 2.47. The first-order valence-electron chi connectivity index (χ1n) is 7.69. The molecule has 5 nitrogen and oxygen atoms in total. The molecule has 0 bridgehead atoms. The van der Waals surface area contributed by atoms with Crippen molar-refractivity contribution in [3.8, 4) is 0 Å². The summed E-state index contributed by atoms with van der Waals surface area (Å²) in [5.41, 5.74) is 0. The monoisotopic (exact) mass is 310 g/mol. The average molecular weight is 311 g/mol. The molecule has 1 aromatic rings. The van der Waals surface area contributed by atoms with Gasteiger partial charge in [0.1, 0.15) is 22.8 Å². The molecule has 2 rings (SSSR count). The Balaban J connectivity index is 2.01. The number of nitrogens with one attached hydrogen (secondary N) is 1. The normalized spacial score (nSPS) is 16.6. The first kappa shape index (κ1) is 16.0. The van der Waals surface area contributed by atoms with Crippen LogP contribution in [0, 0.1) is 0 Å². The number of hydrogen-bond acceptors (Lipinski definition) is 4. The summed E-state index contributed by atoms with van der Waals surface area (Å²) in [6.45, 7) is 5.65. The molecule has 1 aliphatic rings. The van der Waals surface area contributed by atoms with Gasteiger partial charge in [0, 0.05) is 25.6 Å². The van der Waals surface area contributed by atoms with Crippen LogP contribution in [0.3, 0.4) is 0 Å². The Labute approximate surface area is 131 Å². The van der Waals surface area contributed by atoms with Crippen LogP contribution in [-0.4, -0.2) is 39.9 Å². The number of anilines is 1. The summed E-state index contributed by atoms with van der Waals surface area (Å²) in [5.74, 6) is 1.46. The Bertz CT molecular complexity index is 489. The van der Waals surface area contributed by atoms with Crippen LogP contribution >= 0.6 is 11.6 Å². The predicted octanol–water partition coefficient (Wildman–Crippen LogP) is 2.90. The van der Waals surface area contributed by atoms with Crippen molar-refractivity contribution in [3.63, 3.8) is 0 Å². The minimum Gasteiger partial charge on any atom is -0.358 e. The number of carbonyl (C=O) groups excluding carboxylic acids is 1. The van der Waals surface area contributed by atoms with Crippen molar-refractivity contribution in [3.05, 3.63) is 17.0 Å². The van der Waals surface area contributed by atoms with Crippen LogP contribution in [-0.2, 0) is 11.2 Å². The maximum atomic E-state index is 12.4. The fourth-order valence-corrected chi connectivity index (χ4v) is 2.75. The summed E-state index contributed by atoms with van der Waals surface area (Å²) >= 11 is 6.01. The van der Waals surface area contributed by atoms with E-state index < -0.39 is 0 Å². The van der Waals surface area contributed by atoms with Gasteiger partial charge in [-0.05, 0) is 32.6 Å². The third-order valence-corrected chi connectivity index (χ3v) is 3.81. The number of piperidine rings is 1. The maximum Gasteiger partial charge on any atom is 0.244 e. The van der Waals surface area contributed by atoms with Crippen molar-refractivity contribution < 1.29 is 4.79 Å². The van der Waals surface area contributed by atoms with Gasteiger partial charge >= 0.3 is 0 Å². The molecule has 0 aliphatic carbocycles. The molecule has 1 amide bonds. The molecule has 1 saturated heterocycles. The molecule has 21 heavy (non-hydrogen) atoms. The van der Waals surface area contributed by atoms with Crippen molar-refractivity contribution >= 4 is 23.3 Å². The van der Waals surface area contributed by atoms with E-state index >= 15 is 0 Å². The third kappa shape index (κ3) is 4.56. The topological polar surface area (TPSA) is 58.1 Å². The SMILES string of the molecule is CCCc1nc(Cl)cc(NC(C)C(=O)N2CCCCC2)n1. The molecule has 1 aromatic heterocycles. The van der Waals surface area contributed by atoms with Gasteiger partial charge in [0.05, 0.1) is 0 Å². The zero-order valence-corrected chi connectivity index (χ0v) is 13.5. The molecule has 1 aliphatic heterocycles. The van der Waals surface area contributed by atoms with Gasteiger partial charge in [-0.1, -0.05) is 18.5 Å². The zero-order chi connectivity index (χ0) is 15.2. The first-order chi connectivity index (χ1) is 10.1. The summed E-state index contributed by atoms with van der Waals surface area (Å²) in [5, 5.41) is 3.56. The van der Waals surface area contributed by atoms with Crippen LogP contribution in [0.1, 0.15) is 45.4 Å². The Morgan fingerprint density at radius 2 is 2.10 bits per heavy atom. The summed E-state index contributed by atoms with van der Waals surface area (Å²) < 4.78 is 0. The number of aromatic nitrogens is 2. The number of rotatable bonds is 5. The maximum absolute atomic E-state index is 12.4. The second-order valence-electron chi connectivity index (χ2n) is 5.49. The van der Waals surface area contributed by atoms with Crippen LogP contribution in [0.25, 0.3) is 0 Å². The van der Waals surface area contributed by atoms with Crippen molar-refractivity contribution in [2.24, 2.45) is 0 Å². The number of amides is 1. The lowest BCUT2D eigenvalue weighted by Gasteiger charge is -2.29. The van der Waals surface area contributed by atoms with Crippen molar-refractivity contribution in [1.29, 1.82) is 0 Å². The van der Waals surface area contributed by atoms with Crippen molar-refractivity contribution in [2.45, 2.75) is 52.0 Å².